The second kappa shape index (κ2) is 8.96. The third kappa shape index (κ3) is 7.07. The zero-order chi connectivity index (χ0) is 19.0. The van der Waals surface area contributed by atoms with Crippen LogP contribution in [0.4, 0.5) is 11.4 Å². The van der Waals surface area contributed by atoms with Crippen molar-refractivity contribution >= 4 is 35.1 Å². The number of non-ortho nitro benzene ring substituents is 1. The van der Waals surface area contributed by atoms with Gasteiger partial charge in [0.1, 0.15) is 6.04 Å². The van der Waals surface area contributed by atoms with Crippen molar-refractivity contribution in [2.24, 2.45) is 0 Å². The number of anilines is 1. The van der Waals surface area contributed by atoms with Crippen LogP contribution in [0.3, 0.4) is 0 Å². The summed E-state index contributed by atoms with van der Waals surface area (Å²) in [5, 5.41) is 32.4. The number of nitrogens with zero attached hydrogens (tertiary/aromatic N) is 1. The van der Waals surface area contributed by atoms with Crippen LogP contribution in [0, 0.1) is 10.1 Å². The highest BCUT2D eigenvalue weighted by atomic mass is 16.6. The molecule has 1 aromatic rings. The Balaban J connectivity index is 2.75. The molecule has 0 saturated heterocycles. The monoisotopic (exact) mass is 353 g/mol. The highest BCUT2D eigenvalue weighted by Crippen LogP contribution is 2.15. The number of nitro groups is 1. The van der Waals surface area contributed by atoms with Crippen molar-refractivity contribution in [3.8, 4) is 0 Å². The fraction of sp³-hybridized carbons (Fsp3) is 0.286. The minimum Gasteiger partial charge on any atom is -0.481 e. The van der Waals surface area contributed by atoms with Gasteiger partial charge in [0.15, 0.2) is 0 Å². The number of hydrogen-bond acceptors (Lipinski definition) is 6. The van der Waals surface area contributed by atoms with Gasteiger partial charge in [-0.05, 0) is 12.1 Å². The number of aliphatic carboxylic acids is 2. The fourth-order valence-electron chi connectivity index (χ4n) is 1.77. The maximum atomic E-state index is 12.1. The standard InChI is InChI=1S/C14H15N3O8/c18-11(5-6-12(19)20)16-10(7-13(21)22)14(23)15-8-1-3-9(4-2-8)17(24)25/h1-4,10H,5-7H2,(H,15,23)(H,16,18)(H,19,20)(H,21,22)/t10-/m1/s1. The van der Waals surface area contributed by atoms with Crippen molar-refractivity contribution in [3.63, 3.8) is 0 Å². The number of nitrogens with one attached hydrogen (secondary N) is 2. The average molecular weight is 353 g/mol. The maximum absolute atomic E-state index is 12.1. The molecule has 0 fully saturated rings. The van der Waals surface area contributed by atoms with Crippen LogP contribution in [0.15, 0.2) is 24.3 Å². The van der Waals surface area contributed by atoms with Crippen LogP contribution in [-0.4, -0.2) is 44.9 Å². The molecule has 0 unspecified atom stereocenters. The van der Waals surface area contributed by atoms with Crippen molar-refractivity contribution in [1.29, 1.82) is 0 Å². The number of carboxylic acid groups (broad SMARTS) is 2. The molecule has 0 aromatic heterocycles. The van der Waals surface area contributed by atoms with E-state index in [1.54, 1.807) is 0 Å². The zero-order valence-corrected chi connectivity index (χ0v) is 12.8. The largest absolute Gasteiger partial charge is 0.481 e. The Morgan fingerprint density at radius 2 is 1.64 bits per heavy atom. The van der Waals surface area contributed by atoms with Crippen molar-refractivity contribution in [1.82, 2.24) is 5.32 Å². The minimum absolute atomic E-state index is 0.172. The van der Waals surface area contributed by atoms with E-state index in [-0.39, 0.29) is 11.4 Å². The summed E-state index contributed by atoms with van der Waals surface area (Å²) in [6, 6.07) is 3.37. The lowest BCUT2D eigenvalue weighted by Gasteiger charge is -2.16. The van der Waals surface area contributed by atoms with Gasteiger partial charge < -0.3 is 20.8 Å². The molecule has 1 rings (SSSR count). The van der Waals surface area contributed by atoms with Crippen LogP contribution in [-0.2, 0) is 19.2 Å². The number of nitro benzene ring substituents is 1. The van der Waals surface area contributed by atoms with Crippen LogP contribution in [0.5, 0.6) is 0 Å². The average Bonchev–Trinajstić information content (AvgIpc) is 2.52. The highest BCUT2D eigenvalue weighted by molar-refractivity contribution is 5.99. The molecule has 0 saturated carbocycles. The molecule has 11 nitrogen and oxygen atoms in total. The molecule has 0 heterocycles. The lowest BCUT2D eigenvalue weighted by molar-refractivity contribution is -0.384. The lowest BCUT2D eigenvalue weighted by Crippen LogP contribution is -2.45. The van der Waals surface area contributed by atoms with Gasteiger partial charge in [-0.3, -0.25) is 29.3 Å². The molecule has 0 bridgehead atoms. The van der Waals surface area contributed by atoms with E-state index < -0.39 is 54.0 Å². The van der Waals surface area contributed by atoms with E-state index in [0.717, 1.165) is 12.1 Å². The molecule has 11 heteroatoms. The first-order valence-electron chi connectivity index (χ1n) is 6.97. The molecular formula is C14H15N3O8. The van der Waals surface area contributed by atoms with Gasteiger partial charge in [-0.2, -0.15) is 0 Å². The van der Waals surface area contributed by atoms with Crippen LogP contribution in [0.2, 0.25) is 0 Å². The van der Waals surface area contributed by atoms with Crippen molar-refractivity contribution in [2.75, 3.05) is 5.32 Å². The number of amides is 2. The Bertz CT molecular complexity index is 686. The maximum Gasteiger partial charge on any atom is 0.305 e. The molecule has 1 aromatic carbocycles. The fourth-order valence-corrected chi connectivity index (χ4v) is 1.77. The summed E-state index contributed by atoms with van der Waals surface area (Å²) in [6.45, 7) is 0. The third-order valence-electron chi connectivity index (χ3n) is 2.94. The Hall–Kier alpha value is -3.50. The normalized spacial score (nSPS) is 11.2. The molecule has 1 atom stereocenters. The van der Waals surface area contributed by atoms with E-state index in [1.807, 2.05) is 0 Å². The van der Waals surface area contributed by atoms with E-state index in [0.29, 0.717) is 0 Å². The number of hydrogen-bond donors (Lipinski definition) is 4. The van der Waals surface area contributed by atoms with Crippen LogP contribution in [0.1, 0.15) is 19.3 Å². The lowest BCUT2D eigenvalue weighted by atomic mass is 10.1. The zero-order valence-electron chi connectivity index (χ0n) is 12.8. The van der Waals surface area contributed by atoms with Gasteiger partial charge in [0, 0.05) is 24.2 Å². The summed E-state index contributed by atoms with van der Waals surface area (Å²) < 4.78 is 0. The predicted octanol–water partition coefficient (Wildman–Crippen LogP) is 0.358. The summed E-state index contributed by atoms with van der Waals surface area (Å²) >= 11 is 0. The molecule has 0 aliphatic rings. The van der Waals surface area contributed by atoms with Crippen molar-refractivity contribution in [3.05, 3.63) is 34.4 Å². The molecule has 0 radical (unpaired) electrons. The first kappa shape index (κ1) is 19.5. The summed E-state index contributed by atoms with van der Waals surface area (Å²) in [5.41, 5.74) is -0.0205. The summed E-state index contributed by atoms with van der Waals surface area (Å²) in [5.74, 6) is -4.19. The van der Waals surface area contributed by atoms with Gasteiger partial charge in [-0.1, -0.05) is 0 Å². The van der Waals surface area contributed by atoms with Gasteiger partial charge in [0.25, 0.3) is 5.69 Å². The molecule has 0 aliphatic carbocycles. The van der Waals surface area contributed by atoms with E-state index in [1.165, 1.54) is 12.1 Å². The molecule has 0 aliphatic heterocycles. The molecule has 25 heavy (non-hydrogen) atoms. The Morgan fingerprint density at radius 3 is 2.12 bits per heavy atom. The van der Waals surface area contributed by atoms with Gasteiger partial charge in [-0.15, -0.1) is 0 Å². The first-order valence-corrected chi connectivity index (χ1v) is 6.97. The van der Waals surface area contributed by atoms with Gasteiger partial charge in [0.05, 0.1) is 17.8 Å². The molecule has 0 spiro atoms. The van der Waals surface area contributed by atoms with E-state index in [2.05, 4.69) is 10.6 Å². The van der Waals surface area contributed by atoms with Crippen molar-refractivity contribution in [2.45, 2.75) is 25.3 Å². The predicted molar refractivity (Wildman–Crippen MR) is 82.8 cm³/mol. The number of carboxylic acids is 2. The minimum atomic E-state index is -1.42. The third-order valence-corrected chi connectivity index (χ3v) is 2.94. The number of carbonyl (C=O) groups excluding carboxylic acids is 2. The molecule has 4 N–H and O–H groups in total. The number of carbonyl (C=O) groups is 4. The molecule has 2 amide bonds. The van der Waals surface area contributed by atoms with E-state index >= 15 is 0 Å². The van der Waals surface area contributed by atoms with Gasteiger partial charge >= 0.3 is 11.9 Å². The van der Waals surface area contributed by atoms with Crippen LogP contribution < -0.4 is 10.6 Å². The van der Waals surface area contributed by atoms with Crippen molar-refractivity contribution < 1.29 is 34.3 Å². The highest BCUT2D eigenvalue weighted by Gasteiger charge is 2.24. The summed E-state index contributed by atoms with van der Waals surface area (Å²) in [6.07, 6.45) is -1.58. The van der Waals surface area contributed by atoms with E-state index in [4.69, 9.17) is 10.2 Å². The Morgan fingerprint density at radius 1 is 1.04 bits per heavy atom. The van der Waals surface area contributed by atoms with Gasteiger partial charge in [0.2, 0.25) is 11.8 Å². The van der Waals surface area contributed by atoms with Crippen LogP contribution in [0.25, 0.3) is 0 Å². The van der Waals surface area contributed by atoms with E-state index in [9.17, 15) is 29.3 Å². The summed E-state index contributed by atoms with van der Waals surface area (Å²) in [7, 11) is 0. The summed E-state index contributed by atoms with van der Waals surface area (Å²) in [4.78, 5) is 54.9. The first-order chi connectivity index (χ1) is 11.7. The molecule has 134 valence electrons. The van der Waals surface area contributed by atoms with Gasteiger partial charge in [-0.25, -0.2) is 0 Å². The SMILES string of the molecule is O=C(O)CCC(=O)N[C@H](CC(=O)O)C(=O)Nc1ccc([N+](=O)[O-])cc1. The van der Waals surface area contributed by atoms with Crippen LogP contribution >= 0.6 is 0 Å². The topological polar surface area (TPSA) is 176 Å². The smallest absolute Gasteiger partial charge is 0.305 e. The Kier molecular flexibility index (Phi) is 7.00. The molecular weight excluding hydrogens is 338 g/mol. The number of benzene rings is 1. The Labute approximate surface area is 140 Å². The second-order valence-electron chi connectivity index (χ2n) is 4.90. The number of rotatable bonds is 9. The quantitative estimate of drug-likeness (QED) is 0.363. The second-order valence-corrected chi connectivity index (χ2v) is 4.90.